The molecule has 1 unspecified atom stereocenters. The summed E-state index contributed by atoms with van der Waals surface area (Å²) in [6.07, 6.45) is 2.23. The number of hydrogen-bond donors (Lipinski definition) is 0. The van der Waals surface area contributed by atoms with Crippen molar-refractivity contribution in [2.24, 2.45) is 0 Å². The first-order valence-corrected chi connectivity index (χ1v) is 5.02. The van der Waals surface area contributed by atoms with Gasteiger partial charge in [-0.25, -0.2) is 0 Å². The standard InChI is InChI=1S/C8H15BrO3/c1-10-8(11-2)7(9)6-4-3-5-12-6/h6-8H,3-5H2,1-2H3/t6-,7?/m1/s1. The molecule has 0 N–H and O–H groups in total. The Bertz CT molecular complexity index is 119. The summed E-state index contributed by atoms with van der Waals surface area (Å²) >= 11 is 3.52. The Kier molecular flexibility index (Phi) is 4.50. The van der Waals surface area contributed by atoms with Crippen molar-refractivity contribution < 1.29 is 14.2 Å². The lowest BCUT2D eigenvalue weighted by molar-refractivity contribution is -0.117. The Morgan fingerprint density at radius 1 is 1.42 bits per heavy atom. The van der Waals surface area contributed by atoms with E-state index >= 15 is 0 Å². The Morgan fingerprint density at radius 3 is 2.50 bits per heavy atom. The summed E-state index contributed by atoms with van der Waals surface area (Å²) in [7, 11) is 3.27. The lowest BCUT2D eigenvalue weighted by atomic mass is 10.2. The third kappa shape index (κ3) is 2.42. The molecule has 0 aromatic rings. The smallest absolute Gasteiger partial charge is 0.171 e. The maximum absolute atomic E-state index is 5.49. The van der Waals surface area contributed by atoms with E-state index in [0.717, 1.165) is 19.4 Å². The quantitative estimate of drug-likeness (QED) is 0.550. The summed E-state index contributed by atoms with van der Waals surface area (Å²) in [5.41, 5.74) is 0. The number of rotatable bonds is 4. The molecule has 1 aliphatic rings. The van der Waals surface area contributed by atoms with Crippen LogP contribution in [0.3, 0.4) is 0 Å². The summed E-state index contributed by atoms with van der Waals surface area (Å²) in [6.45, 7) is 0.854. The third-order valence-corrected chi connectivity index (χ3v) is 3.07. The van der Waals surface area contributed by atoms with E-state index in [1.807, 2.05) is 0 Å². The maximum atomic E-state index is 5.49. The van der Waals surface area contributed by atoms with Gasteiger partial charge in [-0.05, 0) is 12.8 Å². The van der Waals surface area contributed by atoms with Gasteiger partial charge in [0, 0.05) is 20.8 Å². The van der Waals surface area contributed by atoms with E-state index in [4.69, 9.17) is 14.2 Å². The fraction of sp³-hybridized carbons (Fsp3) is 1.00. The first-order valence-electron chi connectivity index (χ1n) is 4.11. The fourth-order valence-electron chi connectivity index (χ4n) is 1.39. The van der Waals surface area contributed by atoms with Crippen LogP contribution in [0, 0.1) is 0 Å². The highest BCUT2D eigenvalue weighted by Gasteiger charge is 2.30. The lowest BCUT2D eigenvalue weighted by Gasteiger charge is -2.23. The van der Waals surface area contributed by atoms with Gasteiger partial charge >= 0.3 is 0 Å². The molecule has 0 bridgehead atoms. The minimum Gasteiger partial charge on any atom is -0.377 e. The molecule has 72 valence electrons. The van der Waals surface area contributed by atoms with Crippen LogP contribution in [0.15, 0.2) is 0 Å². The molecule has 0 saturated carbocycles. The Hall–Kier alpha value is 0.360. The first kappa shape index (κ1) is 10.4. The minimum atomic E-state index is -0.215. The van der Waals surface area contributed by atoms with Crippen LogP contribution in [-0.2, 0) is 14.2 Å². The second-order valence-corrected chi connectivity index (χ2v) is 3.89. The Labute approximate surface area is 81.5 Å². The molecule has 0 aromatic carbocycles. The summed E-state index contributed by atoms with van der Waals surface area (Å²) in [5, 5.41) is 0. The van der Waals surface area contributed by atoms with Crippen molar-refractivity contribution >= 4 is 15.9 Å². The van der Waals surface area contributed by atoms with E-state index in [0.29, 0.717) is 0 Å². The molecular weight excluding hydrogens is 224 g/mol. The molecule has 3 nitrogen and oxygen atoms in total. The molecule has 1 saturated heterocycles. The topological polar surface area (TPSA) is 27.7 Å². The SMILES string of the molecule is COC(OC)C(Br)[C@H]1CCCO1. The van der Waals surface area contributed by atoms with E-state index in [-0.39, 0.29) is 17.2 Å². The Balaban J connectivity index is 2.37. The molecule has 1 fully saturated rings. The summed E-state index contributed by atoms with van der Waals surface area (Å²) in [4.78, 5) is 0.134. The number of hydrogen-bond acceptors (Lipinski definition) is 3. The molecule has 0 aromatic heterocycles. The highest BCUT2D eigenvalue weighted by molar-refractivity contribution is 9.09. The van der Waals surface area contributed by atoms with Crippen LogP contribution < -0.4 is 0 Å². The average Bonchev–Trinajstić information content (AvgIpc) is 2.58. The van der Waals surface area contributed by atoms with Crippen LogP contribution in [-0.4, -0.2) is 38.0 Å². The van der Waals surface area contributed by atoms with E-state index in [2.05, 4.69) is 15.9 Å². The van der Waals surface area contributed by atoms with E-state index in [9.17, 15) is 0 Å². The van der Waals surface area contributed by atoms with Gasteiger partial charge in [0.2, 0.25) is 0 Å². The summed E-state index contributed by atoms with van der Waals surface area (Å²) in [5.74, 6) is 0. The molecule has 0 spiro atoms. The number of halogens is 1. The monoisotopic (exact) mass is 238 g/mol. The number of alkyl halides is 1. The van der Waals surface area contributed by atoms with Gasteiger partial charge in [0.1, 0.15) is 0 Å². The number of methoxy groups -OCH3 is 2. The molecule has 0 radical (unpaired) electrons. The Morgan fingerprint density at radius 2 is 2.08 bits per heavy atom. The predicted octanol–water partition coefficient (Wildman–Crippen LogP) is 1.55. The molecular formula is C8H15BrO3. The molecule has 12 heavy (non-hydrogen) atoms. The highest BCUT2D eigenvalue weighted by Crippen LogP contribution is 2.24. The fourth-order valence-corrected chi connectivity index (χ4v) is 2.23. The van der Waals surface area contributed by atoms with Crippen molar-refractivity contribution in [3.8, 4) is 0 Å². The lowest BCUT2D eigenvalue weighted by Crippen LogP contribution is -2.34. The van der Waals surface area contributed by atoms with Gasteiger partial charge in [-0.1, -0.05) is 15.9 Å². The van der Waals surface area contributed by atoms with Gasteiger partial charge in [-0.3, -0.25) is 0 Å². The van der Waals surface area contributed by atoms with Crippen LogP contribution >= 0.6 is 15.9 Å². The van der Waals surface area contributed by atoms with E-state index in [1.54, 1.807) is 14.2 Å². The summed E-state index contributed by atoms with van der Waals surface area (Å²) in [6, 6.07) is 0. The van der Waals surface area contributed by atoms with Gasteiger partial charge in [-0.2, -0.15) is 0 Å². The molecule has 1 heterocycles. The van der Waals surface area contributed by atoms with Crippen LogP contribution in [0.4, 0.5) is 0 Å². The zero-order valence-electron chi connectivity index (χ0n) is 7.46. The van der Waals surface area contributed by atoms with Crippen molar-refractivity contribution in [1.82, 2.24) is 0 Å². The van der Waals surface area contributed by atoms with Crippen molar-refractivity contribution in [2.75, 3.05) is 20.8 Å². The average molecular weight is 239 g/mol. The van der Waals surface area contributed by atoms with Crippen LogP contribution in [0.1, 0.15) is 12.8 Å². The normalized spacial score (nSPS) is 26.5. The van der Waals surface area contributed by atoms with E-state index < -0.39 is 0 Å². The minimum absolute atomic E-state index is 0.134. The van der Waals surface area contributed by atoms with Crippen molar-refractivity contribution in [1.29, 1.82) is 0 Å². The summed E-state index contributed by atoms with van der Waals surface area (Å²) < 4.78 is 15.7. The van der Waals surface area contributed by atoms with Crippen LogP contribution in [0.2, 0.25) is 0 Å². The molecule has 1 aliphatic heterocycles. The second kappa shape index (κ2) is 5.17. The van der Waals surface area contributed by atoms with Gasteiger partial charge in [0.25, 0.3) is 0 Å². The van der Waals surface area contributed by atoms with Crippen LogP contribution in [0.25, 0.3) is 0 Å². The largest absolute Gasteiger partial charge is 0.377 e. The van der Waals surface area contributed by atoms with Crippen molar-refractivity contribution in [2.45, 2.75) is 30.1 Å². The molecule has 0 amide bonds. The molecule has 4 heteroatoms. The highest BCUT2D eigenvalue weighted by atomic mass is 79.9. The van der Waals surface area contributed by atoms with Crippen LogP contribution in [0.5, 0.6) is 0 Å². The third-order valence-electron chi connectivity index (χ3n) is 2.04. The predicted molar refractivity (Wildman–Crippen MR) is 49.5 cm³/mol. The second-order valence-electron chi connectivity index (χ2n) is 2.84. The van der Waals surface area contributed by atoms with Crippen molar-refractivity contribution in [3.05, 3.63) is 0 Å². The molecule has 2 atom stereocenters. The van der Waals surface area contributed by atoms with E-state index in [1.165, 1.54) is 0 Å². The van der Waals surface area contributed by atoms with Gasteiger partial charge in [0.15, 0.2) is 6.29 Å². The van der Waals surface area contributed by atoms with Crippen molar-refractivity contribution in [3.63, 3.8) is 0 Å². The van der Waals surface area contributed by atoms with Gasteiger partial charge in [-0.15, -0.1) is 0 Å². The maximum Gasteiger partial charge on any atom is 0.171 e. The molecule has 0 aliphatic carbocycles. The number of ether oxygens (including phenoxy) is 3. The van der Waals surface area contributed by atoms with Gasteiger partial charge in [0.05, 0.1) is 10.9 Å². The zero-order valence-corrected chi connectivity index (χ0v) is 9.04. The first-order chi connectivity index (χ1) is 5.79. The van der Waals surface area contributed by atoms with Gasteiger partial charge < -0.3 is 14.2 Å². The molecule has 1 rings (SSSR count). The zero-order chi connectivity index (χ0) is 8.97.